The molecule has 1 aliphatic rings. The van der Waals surface area contributed by atoms with E-state index in [0.29, 0.717) is 5.92 Å². The normalized spacial score (nSPS) is 15.4. The van der Waals surface area contributed by atoms with E-state index >= 15 is 0 Å². The minimum Gasteiger partial charge on any atom is -0.384 e. The Kier molecular flexibility index (Phi) is 3.64. The molecular formula is C19H26N2. The van der Waals surface area contributed by atoms with Crippen molar-refractivity contribution in [3.63, 3.8) is 0 Å². The van der Waals surface area contributed by atoms with Crippen LogP contribution in [0.4, 0.5) is 5.69 Å². The summed E-state index contributed by atoms with van der Waals surface area (Å²) in [6.07, 6.45) is 3.74. The van der Waals surface area contributed by atoms with E-state index in [-0.39, 0.29) is 5.41 Å². The Labute approximate surface area is 128 Å². The van der Waals surface area contributed by atoms with E-state index in [1.807, 2.05) is 0 Å². The molecule has 0 saturated heterocycles. The second-order valence-electron chi connectivity index (χ2n) is 7.28. The van der Waals surface area contributed by atoms with Gasteiger partial charge in [-0.15, -0.1) is 0 Å². The van der Waals surface area contributed by atoms with Gasteiger partial charge in [-0.05, 0) is 48.4 Å². The van der Waals surface area contributed by atoms with Crippen molar-refractivity contribution in [3.05, 3.63) is 35.5 Å². The lowest BCUT2D eigenvalue weighted by atomic mass is 9.86. The van der Waals surface area contributed by atoms with Crippen LogP contribution in [0.2, 0.25) is 0 Å². The molecule has 0 aliphatic heterocycles. The van der Waals surface area contributed by atoms with Crippen LogP contribution in [0.3, 0.4) is 0 Å². The van der Waals surface area contributed by atoms with Gasteiger partial charge in [0.25, 0.3) is 0 Å². The van der Waals surface area contributed by atoms with Crippen molar-refractivity contribution in [2.75, 3.05) is 11.9 Å². The van der Waals surface area contributed by atoms with Crippen LogP contribution in [-0.2, 0) is 5.41 Å². The van der Waals surface area contributed by atoms with Crippen molar-refractivity contribution in [3.8, 4) is 0 Å². The molecule has 0 unspecified atom stereocenters. The quantitative estimate of drug-likeness (QED) is 0.830. The lowest BCUT2D eigenvalue weighted by Gasteiger charge is -2.20. The molecule has 1 saturated carbocycles. The molecule has 1 heterocycles. The number of nitrogens with one attached hydrogen (secondary N) is 1. The van der Waals surface area contributed by atoms with E-state index < -0.39 is 0 Å². The third kappa shape index (κ3) is 3.04. The Morgan fingerprint density at radius 2 is 1.95 bits per heavy atom. The summed E-state index contributed by atoms with van der Waals surface area (Å²) >= 11 is 0. The monoisotopic (exact) mass is 282 g/mol. The number of rotatable bonds is 4. The SMILES string of the molecule is CCCNc1cc(C2CC2)nc2ccc(C(C)(C)C)cc12. The minimum absolute atomic E-state index is 0.172. The summed E-state index contributed by atoms with van der Waals surface area (Å²) in [4.78, 5) is 4.89. The van der Waals surface area contributed by atoms with Gasteiger partial charge in [-0.3, -0.25) is 4.98 Å². The molecule has 1 N–H and O–H groups in total. The Bertz CT molecular complexity index is 648. The average Bonchev–Trinajstić information content (AvgIpc) is 3.27. The van der Waals surface area contributed by atoms with Crippen LogP contribution < -0.4 is 5.32 Å². The van der Waals surface area contributed by atoms with Crippen LogP contribution in [0.5, 0.6) is 0 Å². The molecule has 0 spiro atoms. The molecule has 0 radical (unpaired) electrons. The van der Waals surface area contributed by atoms with Crippen LogP contribution >= 0.6 is 0 Å². The molecule has 1 aromatic heterocycles. The van der Waals surface area contributed by atoms with Gasteiger partial charge in [0.1, 0.15) is 0 Å². The molecule has 2 aromatic rings. The molecular weight excluding hydrogens is 256 g/mol. The summed E-state index contributed by atoms with van der Waals surface area (Å²) in [7, 11) is 0. The molecule has 112 valence electrons. The first kappa shape index (κ1) is 14.4. The Morgan fingerprint density at radius 1 is 1.19 bits per heavy atom. The fraction of sp³-hybridized carbons (Fsp3) is 0.526. The van der Waals surface area contributed by atoms with Crippen LogP contribution in [0.25, 0.3) is 10.9 Å². The second-order valence-corrected chi connectivity index (χ2v) is 7.28. The summed E-state index contributed by atoms with van der Waals surface area (Å²) in [5, 5.41) is 4.86. The Balaban J connectivity index is 2.11. The van der Waals surface area contributed by atoms with E-state index in [1.165, 1.54) is 35.2 Å². The highest BCUT2D eigenvalue weighted by Crippen LogP contribution is 2.41. The molecule has 1 aromatic carbocycles. The van der Waals surface area contributed by atoms with E-state index in [2.05, 4.69) is 57.3 Å². The summed E-state index contributed by atoms with van der Waals surface area (Å²) in [5.41, 5.74) is 5.20. The maximum Gasteiger partial charge on any atom is 0.0726 e. The molecule has 2 heteroatoms. The molecule has 0 atom stereocenters. The number of pyridine rings is 1. The van der Waals surface area contributed by atoms with Crippen LogP contribution in [0.15, 0.2) is 24.3 Å². The highest BCUT2D eigenvalue weighted by atomic mass is 14.9. The number of hydrogen-bond donors (Lipinski definition) is 1. The molecule has 1 fully saturated rings. The van der Waals surface area contributed by atoms with Gasteiger partial charge in [0.05, 0.1) is 5.52 Å². The van der Waals surface area contributed by atoms with Crippen LogP contribution in [-0.4, -0.2) is 11.5 Å². The third-order valence-corrected chi connectivity index (χ3v) is 4.26. The van der Waals surface area contributed by atoms with Crippen molar-refractivity contribution in [1.29, 1.82) is 0 Å². The molecule has 1 aliphatic carbocycles. The zero-order chi connectivity index (χ0) is 15.0. The predicted molar refractivity (Wildman–Crippen MR) is 91.2 cm³/mol. The highest BCUT2D eigenvalue weighted by Gasteiger charge is 2.26. The molecule has 0 amide bonds. The van der Waals surface area contributed by atoms with Crippen molar-refractivity contribution < 1.29 is 0 Å². The number of hydrogen-bond acceptors (Lipinski definition) is 2. The third-order valence-electron chi connectivity index (χ3n) is 4.26. The van der Waals surface area contributed by atoms with Gasteiger partial charge in [0.2, 0.25) is 0 Å². The van der Waals surface area contributed by atoms with Gasteiger partial charge in [0, 0.05) is 29.2 Å². The predicted octanol–water partition coefficient (Wildman–Crippen LogP) is 5.23. The van der Waals surface area contributed by atoms with E-state index in [9.17, 15) is 0 Å². The molecule has 3 rings (SSSR count). The van der Waals surface area contributed by atoms with Gasteiger partial charge < -0.3 is 5.32 Å². The highest BCUT2D eigenvalue weighted by molar-refractivity contribution is 5.92. The van der Waals surface area contributed by atoms with Crippen molar-refractivity contribution in [1.82, 2.24) is 4.98 Å². The lowest BCUT2D eigenvalue weighted by molar-refractivity contribution is 0.591. The van der Waals surface area contributed by atoms with Crippen molar-refractivity contribution in [2.24, 2.45) is 0 Å². The zero-order valence-electron chi connectivity index (χ0n) is 13.7. The fourth-order valence-electron chi connectivity index (χ4n) is 2.71. The van der Waals surface area contributed by atoms with Gasteiger partial charge in [-0.25, -0.2) is 0 Å². The topological polar surface area (TPSA) is 24.9 Å². The number of aromatic nitrogens is 1. The minimum atomic E-state index is 0.172. The average molecular weight is 282 g/mol. The fourth-order valence-corrected chi connectivity index (χ4v) is 2.71. The number of nitrogens with zero attached hydrogens (tertiary/aromatic N) is 1. The zero-order valence-corrected chi connectivity index (χ0v) is 13.7. The summed E-state index contributed by atoms with van der Waals surface area (Å²) < 4.78 is 0. The first-order valence-corrected chi connectivity index (χ1v) is 8.18. The number of anilines is 1. The largest absolute Gasteiger partial charge is 0.384 e. The maximum atomic E-state index is 4.89. The van der Waals surface area contributed by atoms with E-state index in [1.54, 1.807) is 0 Å². The van der Waals surface area contributed by atoms with Crippen LogP contribution in [0.1, 0.15) is 64.1 Å². The first-order chi connectivity index (χ1) is 9.99. The molecule has 0 bridgehead atoms. The van der Waals surface area contributed by atoms with E-state index in [0.717, 1.165) is 18.5 Å². The van der Waals surface area contributed by atoms with Gasteiger partial charge >= 0.3 is 0 Å². The summed E-state index contributed by atoms with van der Waals surface area (Å²) in [6, 6.07) is 9.02. The summed E-state index contributed by atoms with van der Waals surface area (Å²) in [6.45, 7) is 10.0. The van der Waals surface area contributed by atoms with Gasteiger partial charge in [0.15, 0.2) is 0 Å². The maximum absolute atomic E-state index is 4.89. The number of fused-ring (bicyclic) bond motifs is 1. The Hall–Kier alpha value is -1.57. The van der Waals surface area contributed by atoms with Gasteiger partial charge in [-0.2, -0.15) is 0 Å². The second kappa shape index (κ2) is 5.32. The van der Waals surface area contributed by atoms with Gasteiger partial charge in [-0.1, -0.05) is 33.8 Å². The van der Waals surface area contributed by atoms with E-state index in [4.69, 9.17) is 4.98 Å². The van der Waals surface area contributed by atoms with Crippen LogP contribution in [0, 0.1) is 0 Å². The number of benzene rings is 1. The molecule has 21 heavy (non-hydrogen) atoms. The Morgan fingerprint density at radius 3 is 2.57 bits per heavy atom. The smallest absolute Gasteiger partial charge is 0.0726 e. The lowest BCUT2D eigenvalue weighted by Crippen LogP contribution is -2.11. The summed E-state index contributed by atoms with van der Waals surface area (Å²) in [5.74, 6) is 0.693. The molecule has 2 nitrogen and oxygen atoms in total. The van der Waals surface area contributed by atoms with Crippen molar-refractivity contribution in [2.45, 2.75) is 58.3 Å². The van der Waals surface area contributed by atoms with Crippen molar-refractivity contribution >= 4 is 16.6 Å². The first-order valence-electron chi connectivity index (χ1n) is 8.18. The standard InChI is InChI=1S/C19H26N2/c1-5-10-20-18-12-17(13-6-7-13)21-16-9-8-14(11-15(16)18)19(2,3)4/h8-9,11-13H,5-7,10H2,1-4H3,(H,20,21).